The average molecular weight is 300 g/mol. The Morgan fingerprint density at radius 2 is 2.30 bits per heavy atom. The van der Waals surface area contributed by atoms with Gasteiger partial charge in [-0.25, -0.2) is 4.39 Å². The van der Waals surface area contributed by atoms with E-state index in [2.05, 4.69) is 0 Å². The molecule has 0 radical (unpaired) electrons. The quantitative estimate of drug-likeness (QED) is 0.908. The molecule has 20 heavy (non-hydrogen) atoms. The molecule has 1 aliphatic rings. The van der Waals surface area contributed by atoms with E-state index in [1.54, 1.807) is 31.0 Å². The van der Waals surface area contributed by atoms with Crippen LogP contribution in [0.15, 0.2) is 18.2 Å². The lowest BCUT2D eigenvalue weighted by Crippen LogP contribution is -2.31. The van der Waals surface area contributed by atoms with Gasteiger partial charge in [-0.05, 0) is 31.9 Å². The molecular formula is C15H19ClFNO2. The SMILES string of the molecule is CC(O)CCN(C)C(=O)C1CC1c1c(F)cccc1Cl. The fraction of sp³-hybridized carbons (Fsp3) is 0.533. The summed E-state index contributed by atoms with van der Waals surface area (Å²) in [5.41, 5.74) is 0.455. The minimum Gasteiger partial charge on any atom is -0.393 e. The van der Waals surface area contributed by atoms with Crippen molar-refractivity contribution in [2.45, 2.75) is 31.8 Å². The number of nitrogens with zero attached hydrogens (tertiary/aromatic N) is 1. The van der Waals surface area contributed by atoms with Crippen molar-refractivity contribution in [3.05, 3.63) is 34.6 Å². The molecule has 3 atom stereocenters. The van der Waals surface area contributed by atoms with Crippen molar-refractivity contribution in [2.75, 3.05) is 13.6 Å². The van der Waals surface area contributed by atoms with Crippen LogP contribution < -0.4 is 0 Å². The van der Waals surface area contributed by atoms with E-state index < -0.39 is 6.10 Å². The van der Waals surface area contributed by atoms with Gasteiger partial charge < -0.3 is 10.0 Å². The van der Waals surface area contributed by atoms with Crippen LogP contribution in [-0.2, 0) is 4.79 Å². The summed E-state index contributed by atoms with van der Waals surface area (Å²) in [7, 11) is 1.71. The molecular weight excluding hydrogens is 281 g/mol. The van der Waals surface area contributed by atoms with E-state index in [0.29, 0.717) is 30.0 Å². The normalized spacial score (nSPS) is 22.4. The Bertz CT molecular complexity index is 486. The predicted octanol–water partition coefficient (Wildman–Crippen LogP) is 2.81. The van der Waals surface area contributed by atoms with Gasteiger partial charge in [-0.3, -0.25) is 4.79 Å². The number of hydrogen-bond donors (Lipinski definition) is 1. The van der Waals surface area contributed by atoms with Crippen molar-refractivity contribution in [2.24, 2.45) is 5.92 Å². The van der Waals surface area contributed by atoms with Crippen molar-refractivity contribution in [1.29, 1.82) is 0 Å². The number of benzene rings is 1. The summed E-state index contributed by atoms with van der Waals surface area (Å²) in [6.45, 7) is 2.20. The van der Waals surface area contributed by atoms with Gasteiger partial charge in [0.15, 0.2) is 0 Å². The monoisotopic (exact) mass is 299 g/mol. The van der Waals surface area contributed by atoms with Gasteiger partial charge in [0.2, 0.25) is 5.91 Å². The molecule has 3 nitrogen and oxygen atoms in total. The Labute approximate surface area is 123 Å². The zero-order valence-corrected chi connectivity index (χ0v) is 12.4. The van der Waals surface area contributed by atoms with Crippen LogP contribution in [0.4, 0.5) is 4.39 Å². The fourth-order valence-electron chi connectivity index (χ4n) is 2.43. The number of aliphatic hydroxyl groups excluding tert-OH is 1. The number of amides is 1. The molecule has 1 aromatic rings. The van der Waals surface area contributed by atoms with Gasteiger partial charge in [0.1, 0.15) is 5.82 Å². The number of carbonyl (C=O) groups excluding carboxylic acids is 1. The van der Waals surface area contributed by atoms with E-state index in [4.69, 9.17) is 11.6 Å². The zero-order valence-electron chi connectivity index (χ0n) is 11.6. The van der Waals surface area contributed by atoms with E-state index in [0.717, 1.165) is 0 Å². The summed E-state index contributed by atoms with van der Waals surface area (Å²) >= 11 is 6.02. The van der Waals surface area contributed by atoms with E-state index in [1.807, 2.05) is 0 Å². The molecule has 0 bridgehead atoms. The minimum atomic E-state index is -0.429. The Morgan fingerprint density at radius 3 is 2.90 bits per heavy atom. The molecule has 1 aromatic carbocycles. The van der Waals surface area contributed by atoms with Crippen LogP contribution in [-0.4, -0.2) is 35.6 Å². The van der Waals surface area contributed by atoms with Crippen molar-refractivity contribution in [3.63, 3.8) is 0 Å². The highest BCUT2D eigenvalue weighted by Gasteiger charge is 2.47. The van der Waals surface area contributed by atoms with Crippen LogP contribution in [0.2, 0.25) is 5.02 Å². The van der Waals surface area contributed by atoms with Gasteiger partial charge in [-0.15, -0.1) is 0 Å². The Balaban J connectivity index is 1.99. The van der Waals surface area contributed by atoms with Crippen LogP contribution in [0.25, 0.3) is 0 Å². The predicted molar refractivity (Wildman–Crippen MR) is 76.2 cm³/mol. The molecule has 1 amide bonds. The lowest BCUT2D eigenvalue weighted by atomic mass is 10.1. The van der Waals surface area contributed by atoms with Gasteiger partial charge in [-0.1, -0.05) is 17.7 Å². The van der Waals surface area contributed by atoms with E-state index in [9.17, 15) is 14.3 Å². The van der Waals surface area contributed by atoms with Crippen LogP contribution >= 0.6 is 11.6 Å². The first-order chi connectivity index (χ1) is 9.41. The molecule has 0 spiro atoms. The van der Waals surface area contributed by atoms with Crippen LogP contribution in [0, 0.1) is 11.7 Å². The zero-order chi connectivity index (χ0) is 14.9. The minimum absolute atomic E-state index is 0.00466. The summed E-state index contributed by atoms with van der Waals surface area (Å²) in [5, 5.41) is 9.62. The summed E-state index contributed by atoms with van der Waals surface area (Å²) in [6, 6.07) is 4.59. The first-order valence-electron chi connectivity index (χ1n) is 6.78. The summed E-state index contributed by atoms with van der Waals surface area (Å²) in [4.78, 5) is 13.8. The lowest BCUT2D eigenvalue weighted by molar-refractivity contribution is -0.131. The third kappa shape index (κ3) is 3.30. The molecule has 0 heterocycles. The number of hydrogen-bond acceptors (Lipinski definition) is 2. The maximum Gasteiger partial charge on any atom is 0.226 e. The molecule has 0 aromatic heterocycles. The average Bonchev–Trinajstić information content (AvgIpc) is 3.15. The molecule has 110 valence electrons. The van der Waals surface area contributed by atoms with Gasteiger partial charge in [0.05, 0.1) is 6.10 Å². The maximum atomic E-state index is 13.8. The van der Waals surface area contributed by atoms with Crippen LogP contribution in [0.1, 0.15) is 31.2 Å². The fourth-order valence-corrected chi connectivity index (χ4v) is 2.73. The molecule has 1 saturated carbocycles. The largest absolute Gasteiger partial charge is 0.393 e. The molecule has 0 aliphatic heterocycles. The topological polar surface area (TPSA) is 40.5 Å². The number of rotatable bonds is 5. The lowest BCUT2D eigenvalue weighted by Gasteiger charge is -2.18. The van der Waals surface area contributed by atoms with Gasteiger partial charge in [-0.2, -0.15) is 0 Å². The molecule has 3 unspecified atom stereocenters. The van der Waals surface area contributed by atoms with E-state index in [-0.39, 0.29) is 23.6 Å². The van der Waals surface area contributed by atoms with Gasteiger partial charge in [0.25, 0.3) is 0 Å². The van der Waals surface area contributed by atoms with Crippen LogP contribution in [0.5, 0.6) is 0 Å². The second-order valence-electron chi connectivity index (χ2n) is 5.48. The smallest absolute Gasteiger partial charge is 0.226 e. The van der Waals surface area contributed by atoms with Crippen molar-refractivity contribution in [3.8, 4) is 0 Å². The molecule has 0 saturated heterocycles. The highest BCUT2D eigenvalue weighted by atomic mass is 35.5. The summed E-state index contributed by atoms with van der Waals surface area (Å²) < 4.78 is 13.8. The summed E-state index contributed by atoms with van der Waals surface area (Å²) in [6.07, 6.45) is 0.750. The van der Waals surface area contributed by atoms with Crippen LogP contribution in [0.3, 0.4) is 0 Å². The molecule has 1 fully saturated rings. The van der Waals surface area contributed by atoms with Crippen molar-refractivity contribution >= 4 is 17.5 Å². The molecule has 1 aliphatic carbocycles. The van der Waals surface area contributed by atoms with Crippen molar-refractivity contribution in [1.82, 2.24) is 4.90 Å². The Hall–Kier alpha value is -1.13. The second-order valence-corrected chi connectivity index (χ2v) is 5.89. The highest BCUT2D eigenvalue weighted by molar-refractivity contribution is 6.31. The Kier molecular flexibility index (Phi) is 4.66. The van der Waals surface area contributed by atoms with E-state index >= 15 is 0 Å². The third-order valence-electron chi connectivity index (χ3n) is 3.74. The second kappa shape index (κ2) is 6.10. The van der Waals surface area contributed by atoms with Gasteiger partial charge >= 0.3 is 0 Å². The first kappa shape index (κ1) is 15.3. The maximum absolute atomic E-state index is 13.8. The number of carbonyl (C=O) groups is 1. The van der Waals surface area contributed by atoms with Gasteiger partial charge in [0, 0.05) is 36.0 Å². The number of aliphatic hydroxyl groups is 1. The molecule has 1 N–H and O–H groups in total. The molecule has 5 heteroatoms. The van der Waals surface area contributed by atoms with E-state index in [1.165, 1.54) is 6.07 Å². The van der Waals surface area contributed by atoms with Crippen molar-refractivity contribution < 1.29 is 14.3 Å². The Morgan fingerprint density at radius 1 is 1.60 bits per heavy atom. The standard InChI is InChI=1S/C15H19ClFNO2/c1-9(19)6-7-18(2)15(20)11-8-10(11)14-12(16)4-3-5-13(14)17/h3-5,9-11,19H,6-8H2,1-2H3. The summed E-state index contributed by atoms with van der Waals surface area (Å²) in [5.74, 6) is -0.659. The molecule has 2 rings (SSSR count). The first-order valence-corrected chi connectivity index (χ1v) is 7.16. The third-order valence-corrected chi connectivity index (χ3v) is 4.07. The number of halogens is 2. The highest BCUT2D eigenvalue weighted by Crippen LogP contribution is 2.51.